The Morgan fingerprint density at radius 2 is 1.86 bits per heavy atom. The summed E-state index contributed by atoms with van der Waals surface area (Å²) in [5.74, 6) is 1.66. The summed E-state index contributed by atoms with van der Waals surface area (Å²) in [5.41, 5.74) is 0. The molecule has 1 rings (SSSR count). The van der Waals surface area contributed by atoms with Gasteiger partial charge in [-0.3, -0.25) is 0 Å². The second-order valence-electron chi connectivity index (χ2n) is 4.82. The topological polar surface area (TPSA) is 21.3 Å². The number of nitrogens with one attached hydrogen (secondary N) is 1. The van der Waals surface area contributed by atoms with Crippen molar-refractivity contribution in [3.05, 3.63) is 0 Å². The van der Waals surface area contributed by atoms with Gasteiger partial charge in [0.25, 0.3) is 0 Å². The molecule has 0 saturated carbocycles. The molecule has 0 aromatic heterocycles. The first-order valence-electron chi connectivity index (χ1n) is 5.99. The predicted molar refractivity (Wildman–Crippen MR) is 60.5 cm³/mol. The van der Waals surface area contributed by atoms with Crippen molar-refractivity contribution in [1.82, 2.24) is 5.32 Å². The van der Waals surface area contributed by atoms with Gasteiger partial charge >= 0.3 is 0 Å². The molecule has 1 aliphatic heterocycles. The van der Waals surface area contributed by atoms with Gasteiger partial charge in [-0.15, -0.1) is 0 Å². The first-order chi connectivity index (χ1) is 6.74. The summed E-state index contributed by atoms with van der Waals surface area (Å²) >= 11 is 0. The van der Waals surface area contributed by atoms with E-state index in [-0.39, 0.29) is 0 Å². The average Bonchev–Trinajstić information content (AvgIpc) is 2.20. The number of ether oxygens (including phenoxy) is 1. The fraction of sp³-hybridized carbons (Fsp3) is 1.00. The van der Waals surface area contributed by atoms with E-state index in [9.17, 15) is 0 Å². The van der Waals surface area contributed by atoms with Gasteiger partial charge < -0.3 is 10.1 Å². The molecule has 2 nitrogen and oxygen atoms in total. The monoisotopic (exact) mass is 199 g/mol. The predicted octanol–water partition coefficient (Wildman–Crippen LogP) is 2.44. The highest BCUT2D eigenvalue weighted by Gasteiger charge is 2.22. The van der Waals surface area contributed by atoms with Crippen molar-refractivity contribution >= 4 is 0 Å². The van der Waals surface area contributed by atoms with Gasteiger partial charge in [-0.25, -0.2) is 0 Å². The smallest absolute Gasteiger partial charge is 0.0469 e. The zero-order valence-corrected chi connectivity index (χ0v) is 9.88. The van der Waals surface area contributed by atoms with E-state index >= 15 is 0 Å². The molecular formula is C12H25NO. The Morgan fingerprint density at radius 1 is 1.21 bits per heavy atom. The maximum Gasteiger partial charge on any atom is 0.0469 e. The van der Waals surface area contributed by atoms with Crippen LogP contribution in [0, 0.1) is 11.8 Å². The molecule has 0 aromatic rings. The van der Waals surface area contributed by atoms with E-state index in [0.717, 1.165) is 25.0 Å². The van der Waals surface area contributed by atoms with Gasteiger partial charge in [0.1, 0.15) is 0 Å². The highest BCUT2D eigenvalue weighted by Crippen LogP contribution is 2.22. The summed E-state index contributed by atoms with van der Waals surface area (Å²) in [6.45, 7) is 6.53. The van der Waals surface area contributed by atoms with Crippen LogP contribution < -0.4 is 5.32 Å². The maximum absolute atomic E-state index is 5.39. The van der Waals surface area contributed by atoms with Crippen molar-refractivity contribution < 1.29 is 4.74 Å². The SMILES string of the molecule is CNC(CCC(C)C)C1CCOCC1. The minimum Gasteiger partial charge on any atom is -0.381 e. The van der Waals surface area contributed by atoms with Crippen LogP contribution in [0.2, 0.25) is 0 Å². The van der Waals surface area contributed by atoms with Gasteiger partial charge in [0, 0.05) is 19.3 Å². The highest BCUT2D eigenvalue weighted by molar-refractivity contribution is 4.77. The van der Waals surface area contributed by atoms with Crippen LogP contribution in [0.1, 0.15) is 39.5 Å². The second kappa shape index (κ2) is 6.41. The first kappa shape index (κ1) is 12.0. The Hall–Kier alpha value is -0.0800. The van der Waals surface area contributed by atoms with Crippen LogP contribution in [0.3, 0.4) is 0 Å². The lowest BCUT2D eigenvalue weighted by molar-refractivity contribution is 0.0529. The summed E-state index contributed by atoms with van der Waals surface area (Å²) in [5, 5.41) is 3.47. The van der Waals surface area contributed by atoms with Crippen LogP contribution in [0.15, 0.2) is 0 Å². The Kier molecular flexibility index (Phi) is 5.49. The molecule has 1 atom stereocenters. The molecule has 0 bridgehead atoms. The van der Waals surface area contributed by atoms with Gasteiger partial charge in [0.15, 0.2) is 0 Å². The minimum absolute atomic E-state index is 0.710. The summed E-state index contributed by atoms with van der Waals surface area (Å²) in [4.78, 5) is 0. The van der Waals surface area contributed by atoms with Crippen LogP contribution in [0.5, 0.6) is 0 Å². The molecule has 1 heterocycles. The minimum atomic E-state index is 0.710. The van der Waals surface area contributed by atoms with E-state index < -0.39 is 0 Å². The Bertz CT molecular complexity index is 141. The third kappa shape index (κ3) is 3.97. The van der Waals surface area contributed by atoms with Crippen molar-refractivity contribution in [2.45, 2.75) is 45.6 Å². The van der Waals surface area contributed by atoms with Crippen LogP contribution in [-0.2, 0) is 4.74 Å². The third-order valence-electron chi connectivity index (χ3n) is 3.26. The summed E-state index contributed by atoms with van der Waals surface area (Å²) in [6.07, 6.45) is 5.13. The van der Waals surface area contributed by atoms with Crippen LogP contribution in [0.4, 0.5) is 0 Å². The summed E-state index contributed by atoms with van der Waals surface area (Å²) < 4.78 is 5.39. The van der Waals surface area contributed by atoms with Crippen molar-refractivity contribution in [1.29, 1.82) is 0 Å². The molecule has 14 heavy (non-hydrogen) atoms. The lowest BCUT2D eigenvalue weighted by atomic mass is 9.87. The van der Waals surface area contributed by atoms with Gasteiger partial charge in [-0.2, -0.15) is 0 Å². The maximum atomic E-state index is 5.39. The molecular weight excluding hydrogens is 174 g/mol. The Balaban J connectivity index is 2.28. The lowest BCUT2D eigenvalue weighted by Gasteiger charge is -2.30. The standard InChI is InChI=1S/C12H25NO/c1-10(2)4-5-12(13-3)11-6-8-14-9-7-11/h10-13H,4-9H2,1-3H3. The number of hydrogen-bond acceptors (Lipinski definition) is 2. The highest BCUT2D eigenvalue weighted by atomic mass is 16.5. The molecule has 1 saturated heterocycles. The molecule has 0 amide bonds. The number of rotatable bonds is 5. The summed E-state index contributed by atoms with van der Waals surface area (Å²) in [6, 6.07) is 0.710. The van der Waals surface area contributed by atoms with E-state index in [1.165, 1.54) is 25.7 Å². The van der Waals surface area contributed by atoms with E-state index in [0.29, 0.717) is 6.04 Å². The molecule has 0 aromatic carbocycles. The summed E-state index contributed by atoms with van der Waals surface area (Å²) in [7, 11) is 2.10. The van der Waals surface area contributed by atoms with Crippen molar-refractivity contribution in [3.8, 4) is 0 Å². The van der Waals surface area contributed by atoms with E-state index in [4.69, 9.17) is 4.74 Å². The molecule has 84 valence electrons. The molecule has 0 radical (unpaired) electrons. The molecule has 2 heteroatoms. The fourth-order valence-corrected chi connectivity index (χ4v) is 2.25. The fourth-order valence-electron chi connectivity index (χ4n) is 2.25. The van der Waals surface area contributed by atoms with E-state index in [1.54, 1.807) is 0 Å². The van der Waals surface area contributed by atoms with Crippen LogP contribution in [0.25, 0.3) is 0 Å². The zero-order chi connectivity index (χ0) is 10.4. The Labute approximate surface area is 88.4 Å². The third-order valence-corrected chi connectivity index (χ3v) is 3.26. The zero-order valence-electron chi connectivity index (χ0n) is 9.88. The molecule has 1 fully saturated rings. The van der Waals surface area contributed by atoms with Gasteiger partial charge in [-0.05, 0) is 44.6 Å². The normalized spacial score (nSPS) is 21.4. The largest absolute Gasteiger partial charge is 0.381 e. The first-order valence-corrected chi connectivity index (χ1v) is 5.99. The molecule has 1 N–H and O–H groups in total. The lowest BCUT2D eigenvalue weighted by Crippen LogP contribution is -2.37. The van der Waals surface area contributed by atoms with Gasteiger partial charge in [0.2, 0.25) is 0 Å². The average molecular weight is 199 g/mol. The molecule has 1 unspecified atom stereocenters. The molecule has 0 aliphatic carbocycles. The van der Waals surface area contributed by atoms with Crippen LogP contribution >= 0.6 is 0 Å². The van der Waals surface area contributed by atoms with Crippen LogP contribution in [-0.4, -0.2) is 26.3 Å². The second-order valence-corrected chi connectivity index (χ2v) is 4.82. The Morgan fingerprint density at radius 3 is 2.36 bits per heavy atom. The van der Waals surface area contributed by atoms with Crippen molar-refractivity contribution in [2.24, 2.45) is 11.8 Å². The van der Waals surface area contributed by atoms with Crippen molar-refractivity contribution in [2.75, 3.05) is 20.3 Å². The molecule has 1 aliphatic rings. The quantitative estimate of drug-likeness (QED) is 0.734. The van der Waals surface area contributed by atoms with Gasteiger partial charge in [-0.1, -0.05) is 13.8 Å². The number of hydrogen-bond donors (Lipinski definition) is 1. The van der Waals surface area contributed by atoms with Gasteiger partial charge in [0.05, 0.1) is 0 Å². The van der Waals surface area contributed by atoms with E-state index in [1.807, 2.05) is 0 Å². The van der Waals surface area contributed by atoms with Crippen molar-refractivity contribution in [3.63, 3.8) is 0 Å². The van der Waals surface area contributed by atoms with E-state index in [2.05, 4.69) is 26.2 Å². The molecule has 0 spiro atoms.